The third-order valence-electron chi connectivity index (χ3n) is 3.58. The fourth-order valence-electron chi connectivity index (χ4n) is 2.39. The van der Waals surface area contributed by atoms with Gasteiger partial charge in [0, 0.05) is 25.4 Å². The van der Waals surface area contributed by atoms with Gasteiger partial charge in [0.05, 0.1) is 6.04 Å². The molecule has 2 rings (SSSR count). The molecule has 0 aromatic heterocycles. The number of amides is 1. The number of nitrogens with one attached hydrogen (secondary N) is 1. The fraction of sp³-hybridized carbons (Fsp3) is 0.500. The van der Waals surface area contributed by atoms with E-state index in [1.807, 2.05) is 0 Å². The number of sulfone groups is 1. The maximum atomic E-state index is 13.4. The zero-order valence-electron chi connectivity index (χ0n) is 11.9. The van der Waals surface area contributed by atoms with Crippen LogP contribution in [0.4, 0.5) is 4.39 Å². The minimum Gasteiger partial charge on any atom is -0.332 e. The van der Waals surface area contributed by atoms with E-state index in [2.05, 4.69) is 5.32 Å². The quantitative estimate of drug-likeness (QED) is 0.890. The van der Waals surface area contributed by atoms with Gasteiger partial charge in [-0.3, -0.25) is 4.79 Å². The molecule has 5 nitrogen and oxygen atoms in total. The first-order valence-corrected chi connectivity index (χ1v) is 8.71. The minimum absolute atomic E-state index is 0.0601. The van der Waals surface area contributed by atoms with Gasteiger partial charge >= 0.3 is 0 Å². The second-order valence-electron chi connectivity index (χ2n) is 5.04. The van der Waals surface area contributed by atoms with Crippen molar-refractivity contribution in [2.45, 2.75) is 13.0 Å². The van der Waals surface area contributed by atoms with Crippen molar-refractivity contribution in [2.75, 3.05) is 31.1 Å². The van der Waals surface area contributed by atoms with Gasteiger partial charge in [0.15, 0.2) is 9.84 Å². The van der Waals surface area contributed by atoms with Crippen molar-refractivity contribution in [1.29, 1.82) is 0 Å². The van der Waals surface area contributed by atoms with Gasteiger partial charge < -0.3 is 10.2 Å². The van der Waals surface area contributed by atoms with Gasteiger partial charge in [-0.1, -0.05) is 19.1 Å². The first-order valence-electron chi connectivity index (χ1n) is 6.89. The first kappa shape index (κ1) is 15.9. The van der Waals surface area contributed by atoms with Gasteiger partial charge in [-0.05, 0) is 17.7 Å². The van der Waals surface area contributed by atoms with E-state index in [9.17, 15) is 17.6 Å². The molecule has 1 fully saturated rings. The molecule has 0 bridgehead atoms. The highest BCUT2D eigenvalue weighted by molar-refractivity contribution is 7.92. The molecular formula is C14H19FN2O3S. The number of piperazine rings is 1. The summed E-state index contributed by atoms with van der Waals surface area (Å²) in [6, 6.07) is 5.72. The van der Waals surface area contributed by atoms with Crippen LogP contribution < -0.4 is 5.32 Å². The molecule has 1 aliphatic heterocycles. The Kier molecular flexibility index (Phi) is 4.95. The Balaban J connectivity index is 2.21. The van der Waals surface area contributed by atoms with Crippen molar-refractivity contribution in [2.24, 2.45) is 0 Å². The van der Waals surface area contributed by atoms with E-state index in [1.165, 1.54) is 24.0 Å². The number of carbonyl (C=O) groups is 1. The van der Waals surface area contributed by atoms with Crippen LogP contribution in [0.2, 0.25) is 0 Å². The lowest BCUT2D eigenvalue weighted by molar-refractivity contribution is -0.131. The molecule has 1 heterocycles. The summed E-state index contributed by atoms with van der Waals surface area (Å²) < 4.78 is 36.6. The average molecular weight is 314 g/mol. The Labute approximate surface area is 124 Å². The highest BCUT2D eigenvalue weighted by atomic mass is 32.2. The smallest absolute Gasteiger partial charge is 0.238 e. The molecule has 116 valence electrons. The normalized spacial score (nSPS) is 19.5. The van der Waals surface area contributed by atoms with Crippen LogP contribution in [0.1, 0.15) is 18.5 Å². The van der Waals surface area contributed by atoms with Gasteiger partial charge in [0.1, 0.15) is 11.6 Å². The van der Waals surface area contributed by atoms with Crippen LogP contribution >= 0.6 is 0 Å². The number of benzene rings is 1. The summed E-state index contributed by atoms with van der Waals surface area (Å²) in [6.07, 6.45) is 0. The van der Waals surface area contributed by atoms with Crippen molar-refractivity contribution >= 4 is 15.7 Å². The summed E-state index contributed by atoms with van der Waals surface area (Å²) in [4.78, 5) is 13.8. The van der Waals surface area contributed by atoms with Crippen molar-refractivity contribution in [3.63, 3.8) is 0 Å². The molecule has 1 aromatic carbocycles. The van der Waals surface area contributed by atoms with E-state index >= 15 is 0 Å². The number of nitrogens with zero attached hydrogens (tertiary/aromatic N) is 1. The Morgan fingerprint density at radius 3 is 2.90 bits per heavy atom. The van der Waals surface area contributed by atoms with Gasteiger partial charge in [0.25, 0.3) is 0 Å². The lowest BCUT2D eigenvalue weighted by Gasteiger charge is -2.36. The van der Waals surface area contributed by atoms with Crippen LogP contribution in [-0.4, -0.2) is 50.4 Å². The molecule has 1 aliphatic rings. The summed E-state index contributed by atoms with van der Waals surface area (Å²) >= 11 is 0. The van der Waals surface area contributed by atoms with Crippen molar-refractivity contribution in [3.8, 4) is 0 Å². The summed E-state index contributed by atoms with van der Waals surface area (Å²) in [6.45, 7) is 3.02. The molecule has 0 radical (unpaired) electrons. The fourth-order valence-corrected chi connectivity index (χ4v) is 3.13. The van der Waals surface area contributed by atoms with Crippen LogP contribution in [-0.2, 0) is 14.6 Å². The SMILES string of the molecule is CCS(=O)(=O)CC(=O)N1CCNCC1c1cccc(F)c1. The van der Waals surface area contributed by atoms with Crippen LogP contribution in [0.3, 0.4) is 0 Å². The number of hydrogen-bond acceptors (Lipinski definition) is 4. The summed E-state index contributed by atoms with van der Waals surface area (Å²) in [5, 5.41) is 3.15. The predicted molar refractivity (Wildman–Crippen MR) is 78.1 cm³/mol. The van der Waals surface area contributed by atoms with Gasteiger partial charge in [-0.25, -0.2) is 12.8 Å². The number of carbonyl (C=O) groups excluding carboxylic acids is 1. The number of rotatable bonds is 4. The zero-order chi connectivity index (χ0) is 15.5. The molecule has 1 atom stereocenters. The van der Waals surface area contributed by atoms with Crippen molar-refractivity contribution < 1.29 is 17.6 Å². The lowest BCUT2D eigenvalue weighted by Crippen LogP contribution is -2.50. The number of hydrogen-bond donors (Lipinski definition) is 1. The maximum absolute atomic E-state index is 13.4. The maximum Gasteiger partial charge on any atom is 0.238 e. The first-order chi connectivity index (χ1) is 9.93. The van der Waals surface area contributed by atoms with Gasteiger partial charge in [-0.2, -0.15) is 0 Å². The molecule has 1 N–H and O–H groups in total. The molecule has 1 saturated heterocycles. The molecule has 0 saturated carbocycles. The highest BCUT2D eigenvalue weighted by Gasteiger charge is 2.30. The number of halogens is 1. The topological polar surface area (TPSA) is 66.5 Å². The minimum atomic E-state index is -3.37. The molecule has 1 amide bonds. The Bertz CT molecular complexity index is 618. The molecular weight excluding hydrogens is 295 g/mol. The lowest BCUT2D eigenvalue weighted by atomic mass is 10.0. The van der Waals surface area contributed by atoms with E-state index in [1.54, 1.807) is 12.1 Å². The van der Waals surface area contributed by atoms with Gasteiger partial charge in [-0.15, -0.1) is 0 Å². The molecule has 7 heteroatoms. The van der Waals surface area contributed by atoms with Gasteiger partial charge in [0.2, 0.25) is 5.91 Å². The van der Waals surface area contributed by atoms with Crippen molar-refractivity contribution in [3.05, 3.63) is 35.6 Å². The molecule has 21 heavy (non-hydrogen) atoms. The average Bonchev–Trinajstić information content (AvgIpc) is 2.47. The zero-order valence-corrected chi connectivity index (χ0v) is 12.7. The Hall–Kier alpha value is -1.47. The second kappa shape index (κ2) is 6.53. The van der Waals surface area contributed by atoms with E-state index in [4.69, 9.17) is 0 Å². The summed E-state index contributed by atoms with van der Waals surface area (Å²) in [7, 11) is -3.37. The summed E-state index contributed by atoms with van der Waals surface area (Å²) in [5.74, 6) is -1.34. The highest BCUT2D eigenvalue weighted by Crippen LogP contribution is 2.23. The summed E-state index contributed by atoms with van der Waals surface area (Å²) in [5.41, 5.74) is 0.671. The van der Waals surface area contributed by atoms with Crippen LogP contribution in [0.5, 0.6) is 0 Å². The largest absolute Gasteiger partial charge is 0.332 e. The Morgan fingerprint density at radius 2 is 2.24 bits per heavy atom. The van der Waals surface area contributed by atoms with Crippen LogP contribution in [0.15, 0.2) is 24.3 Å². The third-order valence-corrected chi connectivity index (χ3v) is 5.15. The standard InChI is InChI=1S/C14H19FN2O3S/c1-2-21(19,20)10-14(18)17-7-6-16-9-13(17)11-4-3-5-12(15)8-11/h3-5,8,13,16H,2,6-7,9-10H2,1H3. The monoisotopic (exact) mass is 314 g/mol. The molecule has 0 aliphatic carbocycles. The molecule has 0 spiro atoms. The van der Waals surface area contributed by atoms with E-state index in [0.29, 0.717) is 25.2 Å². The van der Waals surface area contributed by atoms with E-state index < -0.39 is 21.5 Å². The van der Waals surface area contributed by atoms with E-state index in [0.717, 1.165) is 0 Å². The second-order valence-corrected chi connectivity index (χ2v) is 7.39. The predicted octanol–water partition coefficient (Wildman–Crippen LogP) is 0.733. The molecule has 1 aromatic rings. The van der Waals surface area contributed by atoms with Crippen LogP contribution in [0, 0.1) is 5.82 Å². The Morgan fingerprint density at radius 1 is 1.48 bits per heavy atom. The van der Waals surface area contributed by atoms with E-state index in [-0.39, 0.29) is 17.6 Å². The molecule has 1 unspecified atom stereocenters. The third kappa shape index (κ3) is 4.01. The van der Waals surface area contributed by atoms with Crippen molar-refractivity contribution in [1.82, 2.24) is 10.2 Å². The van der Waals surface area contributed by atoms with Crippen LogP contribution in [0.25, 0.3) is 0 Å².